The van der Waals surface area contributed by atoms with Gasteiger partial charge in [0.1, 0.15) is 0 Å². The summed E-state index contributed by atoms with van der Waals surface area (Å²) in [6.07, 6.45) is 6.12. The fourth-order valence-corrected chi connectivity index (χ4v) is 4.18. The first-order valence-corrected chi connectivity index (χ1v) is 9.19. The van der Waals surface area contributed by atoms with Crippen LogP contribution in [0.4, 0.5) is 0 Å². The molecule has 0 N–H and O–H groups in total. The highest BCUT2D eigenvalue weighted by atomic mass is 16.1. The molecule has 3 heteroatoms. The van der Waals surface area contributed by atoms with E-state index in [0.29, 0.717) is 12.2 Å². The number of rotatable bonds is 5. The Morgan fingerprint density at radius 1 is 1.07 bits per heavy atom. The van der Waals surface area contributed by atoms with Gasteiger partial charge in [-0.1, -0.05) is 66.8 Å². The largest absolute Gasteiger partial charge is 0.297 e. The van der Waals surface area contributed by atoms with Crippen molar-refractivity contribution in [2.24, 2.45) is 11.8 Å². The van der Waals surface area contributed by atoms with Crippen molar-refractivity contribution in [1.82, 2.24) is 9.55 Å². The van der Waals surface area contributed by atoms with Gasteiger partial charge in [-0.25, -0.2) is 4.98 Å². The van der Waals surface area contributed by atoms with Gasteiger partial charge in [0.05, 0.1) is 0 Å². The Morgan fingerprint density at radius 2 is 1.74 bits per heavy atom. The number of nitrogens with zero attached hydrogens (tertiary/aromatic N) is 2. The van der Waals surface area contributed by atoms with E-state index >= 15 is 0 Å². The molecule has 1 heterocycles. The second-order valence-electron chi connectivity index (χ2n) is 6.99. The third-order valence-electron chi connectivity index (χ3n) is 5.44. The van der Waals surface area contributed by atoms with Crippen LogP contribution in [0.15, 0.2) is 97.9 Å². The zero-order valence-corrected chi connectivity index (χ0v) is 15.2. The highest BCUT2D eigenvalue weighted by Crippen LogP contribution is 2.48. The van der Waals surface area contributed by atoms with Crippen LogP contribution >= 0.6 is 0 Å². The number of ketones is 1. The van der Waals surface area contributed by atoms with Crippen molar-refractivity contribution in [3.05, 3.63) is 109 Å². The molecule has 27 heavy (non-hydrogen) atoms. The van der Waals surface area contributed by atoms with Crippen molar-refractivity contribution in [3.8, 4) is 5.69 Å². The third-order valence-corrected chi connectivity index (χ3v) is 5.44. The Labute approximate surface area is 159 Å². The van der Waals surface area contributed by atoms with Crippen molar-refractivity contribution in [2.45, 2.75) is 12.3 Å². The van der Waals surface area contributed by atoms with Gasteiger partial charge in [-0.2, -0.15) is 0 Å². The van der Waals surface area contributed by atoms with Gasteiger partial charge >= 0.3 is 0 Å². The Bertz CT molecular complexity index is 972. The summed E-state index contributed by atoms with van der Waals surface area (Å²) in [6, 6.07) is 20.0. The molecule has 3 nitrogen and oxygen atoms in total. The highest BCUT2D eigenvalue weighted by Gasteiger charge is 2.43. The molecule has 0 amide bonds. The average molecular weight is 354 g/mol. The van der Waals surface area contributed by atoms with E-state index < -0.39 is 0 Å². The number of imidazole rings is 1. The quantitative estimate of drug-likeness (QED) is 0.465. The van der Waals surface area contributed by atoms with Crippen molar-refractivity contribution < 1.29 is 4.79 Å². The fourth-order valence-electron chi connectivity index (χ4n) is 4.18. The van der Waals surface area contributed by atoms with Gasteiger partial charge in [0.25, 0.3) is 0 Å². The van der Waals surface area contributed by atoms with Crippen LogP contribution in [-0.4, -0.2) is 15.3 Å². The summed E-state index contributed by atoms with van der Waals surface area (Å²) in [4.78, 5) is 17.9. The van der Waals surface area contributed by atoms with Gasteiger partial charge < -0.3 is 0 Å². The normalized spacial score (nSPS) is 21.9. The molecular formula is C24H22N2O. The number of Topliss-reactive ketones (excluding diaryl/α,β-unsaturated/α-hetero) is 1. The summed E-state index contributed by atoms with van der Waals surface area (Å²) in [5, 5.41) is 0. The zero-order valence-electron chi connectivity index (χ0n) is 15.2. The Hall–Kier alpha value is -3.20. The fraction of sp³-hybridized carbons (Fsp3) is 0.167. The minimum Gasteiger partial charge on any atom is -0.297 e. The molecule has 0 saturated heterocycles. The van der Waals surface area contributed by atoms with Crippen LogP contribution in [0.5, 0.6) is 0 Å². The average Bonchev–Trinajstić information content (AvgIpc) is 3.33. The number of aromatic nitrogens is 2. The van der Waals surface area contributed by atoms with Crippen molar-refractivity contribution >= 4 is 5.78 Å². The summed E-state index contributed by atoms with van der Waals surface area (Å²) >= 11 is 0. The van der Waals surface area contributed by atoms with Crippen LogP contribution in [0.3, 0.4) is 0 Å². The lowest BCUT2D eigenvalue weighted by atomic mass is 9.81. The molecule has 0 aliphatic heterocycles. The Kier molecular flexibility index (Phi) is 4.59. The molecule has 0 bridgehead atoms. The molecule has 1 aliphatic rings. The first-order chi connectivity index (χ1) is 13.2. The molecule has 0 radical (unpaired) electrons. The molecule has 1 fully saturated rings. The monoisotopic (exact) mass is 354 g/mol. The van der Waals surface area contributed by atoms with Gasteiger partial charge in [-0.05, 0) is 24.1 Å². The van der Waals surface area contributed by atoms with Crippen LogP contribution < -0.4 is 0 Å². The maximum absolute atomic E-state index is 13.5. The smallest absolute Gasteiger partial charge is 0.202 e. The lowest BCUT2D eigenvalue weighted by Crippen LogP contribution is -2.23. The number of carbonyl (C=O) groups is 1. The first-order valence-electron chi connectivity index (χ1n) is 9.19. The molecule has 0 spiro atoms. The van der Waals surface area contributed by atoms with Crippen LogP contribution in [0.2, 0.25) is 0 Å². The predicted molar refractivity (Wildman–Crippen MR) is 108 cm³/mol. The van der Waals surface area contributed by atoms with Gasteiger partial charge in [-0.15, -0.1) is 6.58 Å². The molecule has 3 aromatic rings. The van der Waals surface area contributed by atoms with E-state index in [2.05, 4.69) is 30.3 Å². The first kappa shape index (κ1) is 17.2. The number of hydrogen-bond acceptors (Lipinski definition) is 2. The van der Waals surface area contributed by atoms with E-state index in [1.807, 2.05) is 65.4 Å². The van der Waals surface area contributed by atoms with E-state index in [0.717, 1.165) is 16.8 Å². The van der Waals surface area contributed by atoms with E-state index in [1.165, 1.54) is 0 Å². The van der Waals surface area contributed by atoms with Crippen molar-refractivity contribution in [2.75, 3.05) is 0 Å². The summed E-state index contributed by atoms with van der Waals surface area (Å²) in [5.74, 6) is 0.492. The molecule has 1 aliphatic carbocycles. The predicted octanol–water partition coefficient (Wildman–Crippen LogP) is 5.22. The van der Waals surface area contributed by atoms with Gasteiger partial charge in [-0.3, -0.25) is 9.36 Å². The van der Waals surface area contributed by atoms with E-state index in [-0.39, 0.29) is 23.5 Å². The number of carbonyl (C=O) groups excluding carboxylic acids is 1. The van der Waals surface area contributed by atoms with E-state index in [1.54, 1.807) is 6.20 Å². The van der Waals surface area contributed by atoms with Crippen LogP contribution in [0.25, 0.3) is 5.69 Å². The highest BCUT2D eigenvalue weighted by molar-refractivity contribution is 5.96. The summed E-state index contributed by atoms with van der Waals surface area (Å²) in [5.41, 5.74) is 3.15. The lowest BCUT2D eigenvalue weighted by molar-refractivity contribution is 0.0897. The van der Waals surface area contributed by atoms with Crippen LogP contribution in [0, 0.1) is 11.8 Å². The van der Waals surface area contributed by atoms with Crippen molar-refractivity contribution in [1.29, 1.82) is 0 Å². The van der Waals surface area contributed by atoms with Gasteiger partial charge in [0.15, 0.2) is 5.82 Å². The van der Waals surface area contributed by atoms with Gasteiger partial charge in [0.2, 0.25) is 5.78 Å². The molecule has 3 atom stereocenters. The second-order valence-corrected chi connectivity index (χ2v) is 6.99. The van der Waals surface area contributed by atoms with Crippen LogP contribution in [0.1, 0.15) is 28.5 Å². The maximum atomic E-state index is 13.5. The van der Waals surface area contributed by atoms with E-state index in [9.17, 15) is 4.79 Å². The number of allylic oxidation sites excluding steroid dienone is 2. The topological polar surface area (TPSA) is 34.9 Å². The zero-order chi connectivity index (χ0) is 18.8. The molecule has 1 aromatic heterocycles. The SMILES string of the molecule is C=C[C@H]1C(=C)C[C@H](C(=O)c2nccn2-c2ccccc2)[C@H]1c1ccccc1. The molecule has 4 rings (SSSR count). The molecule has 134 valence electrons. The maximum Gasteiger partial charge on any atom is 0.202 e. The number of para-hydroxylation sites is 1. The second kappa shape index (κ2) is 7.20. The minimum atomic E-state index is -0.187. The molecule has 0 unspecified atom stereocenters. The number of hydrogen-bond donors (Lipinski definition) is 0. The minimum absolute atomic E-state index is 0.0459. The summed E-state index contributed by atoms with van der Waals surface area (Å²) in [6.45, 7) is 8.22. The standard InChI is InChI=1S/C24H22N2O/c1-3-20-17(2)16-21(22(20)18-10-6-4-7-11-18)23(27)24-25-14-15-26(24)19-12-8-5-9-13-19/h3-15,20-22H,1-2,16H2/t20-,21-,22-/m0/s1. The lowest BCUT2D eigenvalue weighted by Gasteiger charge is -2.23. The van der Waals surface area contributed by atoms with Gasteiger partial charge in [0, 0.05) is 35.8 Å². The Morgan fingerprint density at radius 3 is 2.41 bits per heavy atom. The molecule has 1 saturated carbocycles. The number of benzene rings is 2. The summed E-state index contributed by atoms with van der Waals surface area (Å²) in [7, 11) is 0. The summed E-state index contributed by atoms with van der Waals surface area (Å²) < 4.78 is 1.87. The molecule has 2 aromatic carbocycles. The van der Waals surface area contributed by atoms with E-state index in [4.69, 9.17) is 0 Å². The Balaban J connectivity index is 1.74. The van der Waals surface area contributed by atoms with Crippen molar-refractivity contribution in [3.63, 3.8) is 0 Å². The van der Waals surface area contributed by atoms with Crippen LogP contribution in [-0.2, 0) is 0 Å². The third kappa shape index (κ3) is 3.06. The molecular weight excluding hydrogens is 332 g/mol.